The molecule has 6 heteroatoms. The summed E-state index contributed by atoms with van der Waals surface area (Å²) in [6, 6.07) is 5.86. The minimum Gasteiger partial charge on any atom is -0.454 e. The van der Waals surface area contributed by atoms with Gasteiger partial charge in [0.05, 0.1) is 10.2 Å². The first-order valence-electron chi connectivity index (χ1n) is 5.96. The summed E-state index contributed by atoms with van der Waals surface area (Å²) in [7, 11) is 3.85. The molecule has 5 nitrogen and oxygen atoms in total. The van der Waals surface area contributed by atoms with Crippen LogP contribution in [0.2, 0.25) is 0 Å². The summed E-state index contributed by atoms with van der Waals surface area (Å²) in [5.74, 6) is 1.55. The summed E-state index contributed by atoms with van der Waals surface area (Å²) >= 11 is 3.63. The molecule has 1 N–H and O–H groups in total. The van der Waals surface area contributed by atoms with Gasteiger partial charge in [-0.05, 0) is 41.2 Å². The van der Waals surface area contributed by atoms with Crippen molar-refractivity contribution in [3.63, 3.8) is 0 Å². The van der Waals surface area contributed by atoms with Gasteiger partial charge in [0, 0.05) is 19.2 Å². The van der Waals surface area contributed by atoms with Gasteiger partial charge in [0.2, 0.25) is 6.79 Å². The third-order valence-electron chi connectivity index (χ3n) is 3.09. The number of ether oxygens (including phenoxy) is 2. The Hall–Kier alpha value is -1.53. The van der Waals surface area contributed by atoms with Crippen molar-refractivity contribution < 1.29 is 9.47 Å². The summed E-state index contributed by atoms with van der Waals surface area (Å²) in [6.45, 7) is 1.04. The third kappa shape index (κ3) is 2.11. The predicted octanol–water partition coefficient (Wildman–Crippen LogP) is 2.30. The average Bonchev–Trinajstić information content (AvgIpc) is 2.97. The molecule has 0 aliphatic carbocycles. The lowest BCUT2D eigenvalue weighted by molar-refractivity contribution is 0.174. The van der Waals surface area contributed by atoms with E-state index in [-0.39, 0.29) is 6.79 Å². The Balaban J connectivity index is 2.05. The molecule has 0 fully saturated rings. The van der Waals surface area contributed by atoms with Gasteiger partial charge in [0.15, 0.2) is 11.5 Å². The molecule has 0 atom stereocenters. The van der Waals surface area contributed by atoms with Crippen molar-refractivity contribution in [1.82, 2.24) is 15.1 Å². The van der Waals surface area contributed by atoms with Gasteiger partial charge in [0.25, 0.3) is 0 Å². The number of rotatable bonds is 3. The van der Waals surface area contributed by atoms with Crippen LogP contribution in [0.3, 0.4) is 0 Å². The standard InChI is InChI=1S/C13H14BrN3O2/c1-15-6-9-12(14)13(16-17(9)2)8-3-4-10-11(5-8)19-7-18-10/h3-5,15H,6-7H2,1-2H3. The van der Waals surface area contributed by atoms with Crippen LogP contribution in [0.4, 0.5) is 0 Å². The van der Waals surface area contributed by atoms with Crippen molar-refractivity contribution >= 4 is 15.9 Å². The van der Waals surface area contributed by atoms with Crippen LogP contribution in [0, 0.1) is 0 Å². The Labute approximate surface area is 119 Å². The molecule has 1 aliphatic rings. The van der Waals surface area contributed by atoms with Gasteiger partial charge in [-0.2, -0.15) is 5.10 Å². The molecule has 1 aliphatic heterocycles. The van der Waals surface area contributed by atoms with Crippen LogP contribution in [-0.2, 0) is 13.6 Å². The van der Waals surface area contributed by atoms with Gasteiger partial charge in [-0.3, -0.25) is 4.68 Å². The second-order valence-electron chi connectivity index (χ2n) is 4.33. The molecule has 0 amide bonds. The Morgan fingerprint density at radius 3 is 2.95 bits per heavy atom. The summed E-state index contributed by atoms with van der Waals surface area (Å²) in [5.41, 5.74) is 3.02. The van der Waals surface area contributed by atoms with E-state index in [1.807, 2.05) is 37.0 Å². The van der Waals surface area contributed by atoms with Crippen molar-refractivity contribution in [2.45, 2.75) is 6.54 Å². The van der Waals surface area contributed by atoms with Crippen LogP contribution in [0.1, 0.15) is 5.69 Å². The Morgan fingerprint density at radius 2 is 2.16 bits per heavy atom. The minimum absolute atomic E-state index is 0.285. The Morgan fingerprint density at radius 1 is 1.37 bits per heavy atom. The molecule has 100 valence electrons. The van der Waals surface area contributed by atoms with E-state index in [1.165, 1.54) is 0 Å². The number of nitrogens with zero attached hydrogens (tertiary/aromatic N) is 2. The molecule has 1 aromatic carbocycles. The number of hydrogen-bond donors (Lipinski definition) is 1. The maximum Gasteiger partial charge on any atom is 0.231 e. The number of hydrogen-bond acceptors (Lipinski definition) is 4. The lowest BCUT2D eigenvalue weighted by atomic mass is 10.1. The lowest BCUT2D eigenvalue weighted by Crippen LogP contribution is -2.10. The Kier molecular flexibility index (Phi) is 3.20. The van der Waals surface area contributed by atoms with E-state index >= 15 is 0 Å². The summed E-state index contributed by atoms with van der Waals surface area (Å²) in [4.78, 5) is 0. The third-order valence-corrected chi connectivity index (χ3v) is 3.93. The maximum absolute atomic E-state index is 5.40. The van der Waals surface area contributed by atoms with Crippen molar-refractivity contribution in [2.24, 2.45) is 7.05 Å². The molecular formula is C13H14BrN3O2. The second-order valence-corrected chi connectivity index (χ2v) is 5.12. The number of halogens is 1. The first-order valence-corrected chi connectivity index (χ1v) is 6.76. The molecule has 0 unspecified atom stereocenters. The number of nitrogens with one attached hydrogen (secondary N) is 1. The van der Waals surface area contributed by atoms with Crippen LogP contribution < -0.4 is 14.8 Å². The van der Waals surface area contributed by atoms with Gasteiger partial charge >= 0.3 is 0 Å². The van der Waals surface area contributed by atoms with E-state index in [1.54, 1.807) is 0 Å². The molecule has 0 radical (unpaired) electrons. The highest BCUT2D eigenvalue weighted by Gasteiger charge is 2.18. The molecule has 0 spiro atoms. The van der Waals surface area contributed by atoms with Gasteiger partial charge < -0.3 is 14.8 Å². The second kappa shape index (κ2) is 4.86. The van der Waals surface area contributed by atoms with Gasteiger partial charge in [0.1, 0.15) is 5.69 Å². The van der Waals surface area contributed by atoms with Crippen molar-refractivity contribution in [3.05, 3.63) is 28.4 Å². The average molecular weight is 324 g/mol. The zero-order valence-electron chi connectivity index (χ0n) is 10.7. The molecule has 19 heavy (non-hydrogen) atoms. The SMILES string of the molecule is CNCc1c(Br)c(-c2ccc3c(c2)OCO3)nn1C. The predicted molar refractivity (Wildman–Crippen MR) is 75.2 cm³/mol. The van der Waals surface area contributed by atoms with Crippen LogP contribution in [0.15, 0.2) is 22.7 Å². The van der Waals surface area contributed by atoms with E-state index in [0.717, 1.165) is 39.5 Å². The van der Waals surface area contributed by atoms with Crippen LogP contribution in [-0.4, -0.2) is 23.6 Å². The quantitative estimate of drug-likeness (QED) is 0.941. The van der Waals surface area contributed by atoms with Crippen molar-refractivity contribution in [3.8, 4) is 22.8 Å². The molecule has 2 aromatic rings. The number of aromatic nitrogens is 2. The van der Waals surface area contributed by atoms with E-state index in [2.05, 4.69) is 26.3 Å². The van der Waals surface area contributed by atoms with Gasteiger partial charge in [-0.1, -0.05) is 0 Å². The number of benzene rings is 1. The minimum atomic E-state index is 0.285. The number of fused-ring (bicyclic) bond motifs is 1. The first-order chi connectivity index (χ1) is 9.20. The van der Waals surface area contributed by atoms with E-state index < -0.39 is 0 Å². The first kappa shape index (κ1) is 12.5. The molecule has 1 aromatic heterocycles. The van der Waals surface area contributed by atoms with Crippen LogP contribution in [0.5, 0.6) is 11.5 Å². The van der Waals surface area contributed by atoms with Crippen molar-refractivity contribution in [2.75, 3.05) is 13.8 Å². The van der Waals surface area contributed by atoms with Crippen LogP contribution in [0.25, 0.3) is 11.3 Å². The fraction of sp³-hybridized carbons (Fsp3) is 0.308. The molecular weight excluding hydrogens is 310 g/mol. The topological polar surface area (TPSA) is 48.3 Å². The van der Waals surface area contributed by atoms with E-state index in [9.17, 15) is 0 Å². The summed E-state index contributed by atoms with van der Waals surface area (Å²) in [6.07, 6.45) is 0. The van der Waals surface area contributed by atoms with E-state index in [0.29, 0.717) is 0 Å². The normalized spacial score (nSPS) is 13.0. The zero-order chi connectivity index (χ0) is 13.4. The lowest BCUT2D eigenvalue weighted by Gasteiger charge is -2.01. The van der Waals surface area contributed by atoms with E-state index in [4.69, 9.17) is 9.47 Å². The molecule has 0 saturated carbocycles. The molecule has 0 saturated heterocycles. The fourth-order valence-corrected chi connectivity index (χ4v) is 2.83. The van der Waals surface area contributed by atoms with Gasteiger partial charge in [-0.25, -0.2) is 0 Å². The zero-order valence-corrected chi connectivity index (χ0v) is 12.3. The molecule has 0 bridgehead atoms. The number of aryl methyl sites for hydroxylation is 1. The van der Waals surface area contributed by atoms with Crippen molar-refractivity contribution in [1.29, 1.82) is 0 Å². The monoisotopic (exact) mass is 323 g/mol. The van der Waals surface area contributed by atoms with Gasteiger partial charge in [-0.15, -0.1) is 0 Å². The molecule has 2 heterocycles. The summed E-state index contributed by atoms with van der Waals surface area (Å²) in [5, 5.41) is 7.69. The largest absolute Gasteiger partial charge is 0.454 e. The van der Waals surface area contributed by atoms with Crippen LogP contribution >= 0.6 is 15.9 Å². The Bertz CT molecular complexity index is 625. The summed E-state index contributed by atoms with van der Waals surface area (Å²) < 4.78 is 13.6. The highest BCUT2D eigenvalue weighted by Crippen LogP contribution is 2.38. The highest BCUT2D eigenvalue weighted by atomic mass is 79.9. The maximum atomic E-state index is 5.40. The fourth-order valence-electron chi connectivity index (χ4n) is 2.12. The highest BCUT2D eigenvalue weighted by molar-refractivity contribution is 9.10. The smallest absolute Gasteiger partial charge is 0.231 e. The molecule has 3 rings (SSSR count).